The zero-order valence-corrected chi connectivity index (χ0v) is 19.1. The van der Waals surface area contributed by atoms with E-state index in [4.69, 9.17) is 10.1 Å². The van der Waals surface area contributed by atoms with E-state index in [-0.39, 0.29) is 12.4 Å². The first-order valence-corrected chi connectivity index (χ1v) is 11.7. The predicted molar refractivity (Wildman–Crippen MR) is 133 cm³/mol. The quantitative estimate of drug-likeness (QED) is 0.254. The highest BCUT2D eigenvalue weighted by Crippen LogP contribution is 2.33. The number of hydrogen-bond donors (Lipinski definition) is 1. The summed E-state index contributed by atoms with van der Waals surface area (Å²) >= 11 is 0. The number of aliphatic hydroxyl groups is 1. The molecule has 0 radical (unpaired) electrons. The van der Waals surface area contributed by atoms with Crippen molar-refractivity contribution in [2.24, 2.45) is 0 Å². The minimum absolute atomic E-state index is 0.177. The summed E-state index contributed by atoms with van der Waals surface area (Å²) in [5.74, 6) is 6.90. The Morgan fingerprint density at radius 3 is 2.35 bits per heavy atom. The summed E-state index contributed by atoms with van der Waals surface area (Å²) in [6.45, 7) is 0.929. The van der Waals surface area contributed by atoms with Crippen LogP contribution in [0.5, 0.6) is 0 Å². The Bertz CT molecular complexity index is 1240. The van der Waals surface area contributed by atoms with Crippen LogP contribution >= 0.6 is 0 Å². The number of aromatic nitrogens is 3. The van der Waals surface area contributed by atoms with Crippen molar-refractivity contribution in [3.8, 4) is 34.4 Å². The molecule has 0 spiro atoms. The van der Waals surface area contributed by atoms with Crippen molar-refractivity contribution >= 4 is 0 Å². The maximum atomic E-state index is 13.6. The fourth-order valence-corrected chi connectivity index (χ4v) is 3.93. The van der Waals surface area contributed by atoms with Crippen LogP contribution in [0.3, 0.4) is 0 Å². The van der Waals surface area contributed by atoms with E-state index in [1.54, 1.807) is 24.5 Å². The van der Waals surface area contributed by atoms with E-state index in [1.807, 2.05) is 18.2 Å². The van der Waals surface area contributed by atoms with Crippen molar-refractivity contribution in [3.05, 3.63) is 96.3 Å². The summed E-state index contributed by atoms with van der Waals surface area (Å²) in [5.41, 5.74) is 4.88. The second-order valence-electron chi connectivity index (χ2n) is 8.10. The molecule has 0 amide bonds. The van der Waals surface area contributed by atoms with E-state index in [9.17, 15) is 4.39 Å². The number of aryl methyl sites for hydroxylation is 1. The molecular weight excluding hydrogens is 425 g/mol. The van der Waals surface area contributed by atoms with Gasteiger partial charge in [0.25, 0.3) is 0 Å². The van der Waals surface area contributed by atoms with Gasteiger partial charge < -0.3 is 9.67 Å². The molecule has 4 nitrogen and oxygen atoms in total. The van der Waals surface area contributed by atoms with Gasteiger partial charge in [-0.15, -0.1) is 0 Å². The molecule has 4 aromatic rings. The highest BCUT2D eigenvalue weighted by atomic mass is 19.1. The minimum atomic E-state index is -0.277. The van der Waals surface area contributed by atoms with Crippen molar-refractivity contribution in [1.29, 1.82) is 0 Å². The third-order valence-electron chi connectivity index (χ3n) is 5.64. The molecular formula is C29H28FN3O. The topological polar surface area (TPSA) is 50.9 Å². The first-order chi connectivity index (χ1) is 16.8. The Kier molecular flexibility index (Phi) is 8.21. The smallest absolute Gasteiger partial charge is 0.186 e. The van der Waals surface area contributed by atoms with Crippen LogP contribution in [0.25, 0.3) is 22.5 Å². The molecule has 0 fully saturated rings. The lowest BCUT2D eigenvalue weighted by Gasteiger charge is -2.12. The van der Waals surface area contributed by atoms with E-state index in [0.29, 0.717) is 12.2 Å². The van der Waals surface area contributed by atoms with Gasteiger partial charge in [0.2, 0.25) is 0 Å². The SMILES string of the molecule is OCCCCC#Cc1nc(-c2ccc(F)cc2)c(-c2ccncc2)n1CCCc1ccccc1. The highest BCUT2D eigenvalue weighted by Gasteiger charge is 2.19. The summed E-state index contributed by atoms with van der Waals surface area (Å²) in [7, 11) is 0. The van der Waals surface area contributed by atoms with Crippen LogP contribution < -0.4 is 0 Å². The van der Waals surface area contributed by atoms with Crippen LogP contribution in [-0.4, -0.2) is 26.2 Å². The van der Waals surface area contributed by atoms with Crippen molar-refractivity contribution in [2.45, 2.75) is 38.6 Å². The number of rotatable bonds is 9. The Hall–Kier alpha value is -3.75. The van der Waals surface area contributed by atoms with Crippen LogP contribution in [-0.2, 0) is 13.0 Å². The molecule has 0 bridgehead atoms. The maximum Gasteiger partial charge on any atom is 0.186 e. The second-order valence-corrected chi connectivity index (χ2v) is 8.10. The van der Waals surface area contributed by atoms with Crippen LogP contribution in [0, 0.1) is 17.7 Å². The summed E-state index contributed by atoms with van der Waals surface area (Å²) in [6.07, 6.45) is 7.71. The summed E-state index contributed by atoms with van der Waals surface area (Å²) in [5, 5.41) is 9.03. The molecule has 0 atom stereocenters. The molecule has 4 rings (SSSR count). The molecule has 2 heterocycles. The largest absolute Gasteiger partial charge is 0.396 e. The van der Waals surface area contributed by atoms with Crippen molar-refractivity contribution in [1.82, 2.24) is 14.5 Å². The summed E-state index contributed by atoms with van der Waals surface area (Å²) in [4.78, 5) is 9.10. The van der Waals surface area contributed by atoms with Crippen LogP contribution in [0.2, 0.25) is 0 Å². The van der Waals surface area contributed by atoms with Crippen molar-refractivity contribution < 1.29 is 9.50 Å². The van der Waals surface area contributed by atoms with Gasteiger partial charge in [0, 0.05) is 43.1 Å². The molecule has 0 saturated heterocycles. The Balaban J connectivity index is 1.74. The number of hydrogen-bond acceptors (Lipinski definition) is 3. The number of halogens is 1. The zero-order valence-electron chi connectivity index (χ0n) is 19.1. The average molecular weight is 454 g/mol. The molecule has 0 aliphatic rings. The monoisotopic (exact) mass is 453 g/mol. The van der Waals surface area contributed by atoms with Crippen LogP contribution in [0.15, 0.2) is 79.1 Å². The average Bonchev–Trinajstić information content (AvgIpc) is 3.24. The summed E-state index contributed by atoms with van der Waals surface area (Å²) in [6, 6.07) is 20.8. The number of aliphatic hydroxyl groups excluding tert-OH is 1. The first kappa shape index (κ1) is 23.4. The number of pyridine rings is 1. The van der Waals surface area contributed by atoms with Crippen LogP contribution in [0.4, 0.5) is 4.39 Å². The number of nitrogens with zero attached hydrogens (tertiary/aromatic N) is 3. The van der Waals surface area contributed by atoms with E-state index in [2.05, 4.69) is 45.7 Å². The Morgan fingerprint density at radius 1 is 0.853 bits per heavy atom. The zero-order chi connectivity index (χ0) is 23.6. The molecule has 2 aromatic heterocycles. The first-order valence-electron chi connectivity index (χ1n) is 11.7. The van der Waals surface area contributed by atoms with Crippen molar-refractivity contribution in [2.75, 3.05) is 6.61 Å². The van der Waals surface area contributed by atoms with Gasteiger partial charge in [0.1, 0.15) is 5.82 Å². The number of unbranched alkanes of at least 4 members (excludes halogenated alkanes) is 2. The third-order valence-corrected chi connectivity index (χ3v) is 5.64. The Morgan fingerprint density at radius 2 is 1.62 bits per heavy atom. The molecule has 0 saturated carbocycles. The molecule has 2 aromatic carbocycles. The lowest BCUT2D eigenvalue weighted by atomic mass is 10.1. The maximum absolute atomic E-state index is 13.6. The van der Waals surface area contributed by atoms with E-state index in [1.165, 1.54) is 17.7 Å². The fraction of sp³-hybridized carbons (Fsp3) is 0.241. The highest BCUT2D eigenvalue weighted by molar-refractivity contribution is 5.79. The van der Waals surface area contributed by atoms with Gasteiger partial charge in [0.15, 0.2) is 5.82 Å². The molecule has 172 valence electrons. The van der Waals surface area contributed by atoms with Gasteiger partial charge in [0.05, 0.1) is 11.4 Å². The van der Waals surface area contributed by atoms with Gasteiger partial charge in [-0.2, -0.15) is 0 Å². The molecule has 0 aliphatic carbocycles. The van der Waals surface area contributed by atoms with Gasteiger partial charge in [-0.3, -0.25) is 4.98 Å². The van der Waals surface area contributed by atoms with Gasteiger partial charge in [-0.1, -0.05) is 36.3 Å². The molecule has 0 aliphatic heterocycles. The molecule has 34 heavy (non-hydrogen) atoms. The predicted octanol–water partition coefficient (Wildman–Crippen LogP) is 5.90. The fourth-order valence-electron chi connectivity index (χ4n) is 3.93. The number of imidazole rings is 1. The van der Waals surface area contributed by atoms with E-state index < -0.39 is 0 Å². The van der Waals surface area contributed by atoms with E-state index in [0.717, 1.165) is 54.7 Å². The molecule has 0 unspecified atom stereocenters. The van der Waals surface area contributed by atoms with Crippen LogP contribution in [0.1, 0.15) is 37.1 Å². The van der Waals surface area contributed by atoms with E-state index >= 15 is 0 Å². The summed E-state index contributed by atoms with van der Waals surface area (Å²) < 4.78 is 15.8. The van der Waals surface area contributed by atoms with Gasteiger partial charge in [-0.25, -0.2) is 9.37 Å². The van der Waals surface area contributed by atoms with Crippen molar-refractivity contribution in [3.63, 3.8) is 0 Å². The molecule has 5 heteroatoms. The normalized spacial score (nSPS) is 10.6. The minimum Gasteiger partial charge on any atom is -0.396 e. The lowest BCUT2D eigenvalue weighted by molar-refractivity contribution is 0.285. The number of benzene rings is 2. The molecule has 1 N–H and O–H groups in total. The third kappa shape index (κ3) is 5.98. The van der Waals surface area contributed by atoms with Gasteiger partial charge >= 0.3 is 0 Å². The standard InChI is InChI=1S/C29H28FN3O/c30-26-15-13-24(14-16-26)28-29(25-17-19-31-20-18-25)33(21-8-11-23-9-4-3-5-10-23)27(32-28)12-6-1-2-7-22-34/h3-5,9-10,13-20,34H,1-2,7-8,11,21-22H2. The lowest BCUT2D eigenvalue weighted by Crippen LogP contribution is -2.05. The Labute approximate surface area is 200 Å². The second kappa shape index (κ2) is 11.9. The van der Waals surface area contributed by atoms with Gasteiger partial charge in [-0.05, 0) is 73.6 Å².